The molecule has 2 N–H and O–H groups in total. The minimum Gasteiger partial charge on any atom is -0.396 e. The second-order valence-electron chi connectivity index (χ2n) is 5.71. The number of hydrogen-bond acceptors (Lipinski definition) is 3. The minimum absolute atomic E-state index is 0.199. The van der Waals surface area contributed by atoms with Crippen LogP contribution < -0.4 is 5.32 Å². The summed E-state index contributed by atoms with van der Waals surface area (Å²) >= 11 is 6.55. The lowest BCUT2D eigenvalue weighted by atomic mass is 10.1. The number of aromatic nitrogens is 2. The van der Waals surface area contributed by atoms with Crippen LogP contribution in [0, 0.1) is 0 Å². The first-order valence-electron chi connectivity index (χ1n) is 7.74. The largest absolute Gasteiger partial charge is 0.396 e. The molecule has 0 bridgehead atoms. The lowest BCUT2D eigenvalue weighted by Gasteiger charge is -2.07. The van der Waals surface area contributed by atoms with Gasteiger partial charge in [-0.25, -0.2) is 4.68 Å². The number of hydrogen-bond donors (Lipinski definition) is 2. The fourth-order valence-electron chi connectivity index (χ4n) is 2.40. The molecule has 0 spiro atoms. The van der Waals surface area contributed by atoms with Gasteiger partial charge in [0.15, 0.2) is 0 Å². The Morgan fingerprint density at radius 3 is 2.64 bits per heavy atom. The highest BCUT2D eigenvalue weighted by Crippen LogP contribution is 2.26. The normalized spacial score (nSPS) is 11.3. The van der Waals surface area contributed by atoms with Crippen molar-refractivity contribution in [3.63, 3.8) is 0 Å². The van der Waals surface area contributed by atoms with E-state index in [0.29, 0.717) is 24.2 Å². The van der Waals surface area contributed by atoms with Crippen LogP contribution in [0.1, 0.15) is 43.0 Å². The maximum atomic E-state index is 8.85. The molecule has 0 saturated carbocycles. The SMILES string of the molecule is CC(C)c1nn(Cc2ccccc2)c(Cl)c1CNCCCO. The Hall–Kier alpha value is -1.36. The van der Waals surface area contributed by atoms with Gasteiger partial charge in [-0.05, 0) is 24.4 Å². The van der Waals surface area contributed by atoms with Gasteiger partial charge < -0.3 is 10.4 Å². The van der Waals surface area contributed by atoms with Crippen molar-refractivity contribution in [2.75, 3.05) is 13.2 Å². The van der Waals surface area contributed by atoms with Gasteiger partial charge in [0.2, 0.25) is 0 Å². The zero-order chi connectivity index (χ0) is 15.9. The molecular weight excluding hydrogens is 298 g/mol. The molecule has 1 heterocycles. The Balaban J connectivity index is 2.17. The zero-order valence-electron chi connectivity index (χ0n) is 13.2. The molecule has 0 saturated heterocycles. The highest BCUT2D eigenvalue weighted by Gasteiger charge is 2.18. The summed E-state index contributed by atoms with van der Waals surface area (Å²) in [6.45, 7) is 6.59. The number of nitrogens with one attached hydrogen (secondary N) is 1. The highest BCUT2D eigenvalue weighted by molar-refractivity contribution is 6.30. The molecule has 22 heavy (non-hydrogen) atoms. The summed E-state index contributed by atoms with van der Waals surface area (Å²) < 4.78 is 1.87. The average molecular weight is 322 g/mol. The van der Waals surface area contributed by atoms with Crippen LogP contribution in [0.4, 0.5) is 0 Å². The molecule has 0 amide bonds. The van der Waals surface area contributed by atoms with Gasteiger partial charge >= 0.3 is 0 Å². The van der Waals surface area contributed by atoms with Crippen molar-refractivity contribution in [2.24, 2.45) is 0 Å². The third-order valence-corrected chi connectivity index (χ3v) is 3.97. The van der Waals surface area contributed by atoms with Crippen LogP contribution >= 0.6 is 11.6 Å². The molecule has 120 valence electrons. The molecule has 0 atom stereocenters. The van der Waals surface area contributed by atoms with E-state index in [9.17, 15) is 0 Å². The predicted octanol–water partition coefficient (Wildman–Crippen LogP) is 3.18. The maximum absolute atomic E-state index is 8.85. The van der Waals surface area contributed by atoms with E-state index in [1.54, 1.807) is 0 Å². The molecule has 2 rings (SSSR count). The van der Waals surface area contributed by atoms with Crippen molar-refractivity contribution in [1.29, 1.82) is 0 Å². The summed E-state index contributed by atoms with van der Waals surface area (Å²) in [6, 6.07) is 10.2. The molecule has 1 aromatic carbocycles. The van der Waals surface area contributed by atoms with Gasteiger partial charge in [-0.1, -0.05) is 55.8 Å². The first kappa shape index (κ1) is 17.0. The number of benzene rings is 1. The van der Waals surface area contributed by atoms with Crippen LogP contribution in [0.3, 0.4) is 0 Å². The molecule has 0 fully saturated rings. The van der Waals surface area contributed by atoms with Gasteiger partial charge in [0.25, 0.3) is 0 Å². The molecule has 0 aliphatic rings. The molecule has 0 aliphatic carbocycles. The quantitative estimate of drug-likeness (QED) is 0.734. The number of aliphatic hydroxyl groups excluding tert-OH is 1. The van der Waals surface area contributed by atoms with Crippen molar-refractivity contribution in [3.8, 4) is 0 Å². The minimum atomic E-state index is 0.199. The topological polar surface area (TPSA) is 50.1 Å². The predicted molar refractivity (Wildman–Crippen MR) is 90.3 cm³/mol. The smallest absolute Gasteiger partial charge is 0.132 e. The summed E-state index contributed by atoms with van der Waals surface area (Å²) in [7, 11) is 0. The van der Waals surface area contributed by atoms with E-state index in [1.165, 1.54) is 5.56 Å². The second kappa shape index (κ2) is 8.32. The molecular formula is C17H24ClN3O. The van der Waals surface area contributed by atoms with Crippen LogP contribution in [0.25, 0.3) is 0 Å². The Bertz CT molecular complexity index is 581. The number of aliphatic hydroxyl groups is 1. The Kier molecular flexibility index (Phi) is 6.43. The molecule has 5 heteroatoms. The Labute approximate surface area is 137 Å². The van der Waals surface area contributed by atoms with Gasteiger partial charge in [0.1, 0.15) is 5.15 Å². The highest BCUT2D eigenvalue weighted by atomic mass is 35.5. The van der Waals surface area contributed by atoms with E-state index in [2.05, 4.69) is 31.3 Å². The molecule has 0 radical (unpaired) electrons. The zero-order valence-corrected chi connectivity index (χ0v) is 14.0. The van der Waals surface area contributed by atoms with E-state index in [4.69, 9.17) is 21.8 Å². The number of halogens is 1. The molecule has 0 unspecified atom stereocenters. The number of nitrogens with zero attached hydrogens (tertiary/aromatic N) is 2. The van der Waals surface area contributed by atoms with Crippen LogP contribution in [0.15, 0.2) is 30.3 Å². The molecule has 2 aromatic rings. The maximum Gasteiger partial charge on any atom is 0.132 e. The second-order valence-corrected chi connectivity index (χ2v) is 6.06. The lowest BCUT2D eigenvalue weighted by Crippen LogP contribution is -2.16. The van der Waals surface area contributed by atoms with Crippen molar-refractivity contribution in [3.05, 3.63) is 52.3 Å². The van der Waals surface area contributed by atoms with Crippen molar-refractivity contribution >= 4 is 11.6 Å². The summed E-state index contributed by atoms with van der Waals surface area (Å²) in [5.74, 6) is 0.323. The third-order valence-electron chi connectivity index (χ3n) is 3.55. The molecule has 4 nitrogen and oxygen atoms in total. The van der Waals surface area contributed by atoms with E-state index < -0.39 is 0 Å². The Morgan fingerprint density at radius 2 is 2.00 bits per heavy atom. The third kappa shape index (κ3) is 4.32. The molecule has 0 aliphatic heterocycles. The van der Waals surface area contributed by atoms with Crippen molar-refractivity contribution < 1.29 is 5.11 Å². The monoisotopic (exact) mass is 321 g/mol. The van der Waals surface area contributed by atoms with E-state index >= 15 is 0 Å². The Morgan fingerprint density at radius 1 is 1.27 bits per heavy atom. The van der Waals surface area contributed by atoms with Crippen LogP contribution in [-0.4, -0.2) is 28.0 Å². The number of rotatable bonds is 8. The van der Waals surface area contributed by atoms with Crippen LogP contribution in [0.5, 0.6) is 0 Å². The van der Waals surface area contributed by atoms with E-state index in [-0.39, 0.29) is 6.61 Å². The van der Waals surface area contributed by atoms with Gasteiger partial charge in [-0.2, -0.15) is 5.10 Å². The first-order valence-corrected chi connectivity index (χ1v) is 8.11. The van der Waals surface area contributed by atoms with Crippen molar-refractivity contribution in [1.82, 2.24) is 15.1 Å². The van der Waals surface area contributed by atoms with Crippen molar-refractivity contribution in [2.45, 2.75) is 39.3 Å². The van der Waals surface area contributed by atoms with Gasteiger partial charge in [-0.3, -0.25) is 0 Å². The lowest BCUT2D eigenvalue weighted by molar-refractivity contribution is 0.286. The van der Waals surface area contributed by atoms with Crippen LogP contribution in [-0.2, 0) is 13.1 Å². The van der Waals surface area contributed by atoms with E-state index in [0.717, 1.165) is 24.2 Å². The summed E-state index contributed by atoms with van der Waals surface area (Å²) in [5, 5.41) is 17.6. The summed E-state index contributed by atoms with van der Waals surface area (Å²) in [4.78, 5) is 0. The summed E-state index contributed by atoms with van der Waals surface area (Å²) in [6.07, 6.45) is 0.743. The molecule has 1 aromatic heterocycles. The van der Waals surface area contributed by atoms with Gasteiger partial charge in [0, 0.05) is 18.7 Å². The van der Waals surface area contributed by atoms with Crippen LogP contribution in [0.2, 0.25) is 5.15 Å². The van der Waals surface area contributed by atoms with Gasteiger partial charge in [0.05, 0.1) is 12.2 Å². The van der Waals surface area contributed by atoms with Gasteiger partial charge in [-0.15, -0.1) is 0 Å². The van der Waals surface area contributed by atoms with E-state index in [1.807, 2.05) is 22.9 Å². The fourth-order valence-corrected chi connectivity index (χ4v) is 2.66. The summed E-state index contributed by atoms with van der Waals surface area (Å²) in [5.41, 5.74) is 3.28. The first-order chi connectivity index (χ1) is 10.6. The standard InChI is InChI=1S/C17H24ClN3O/c1-13(2)16-15(11-19-9-6-10-22)17(18)21(20-16)12-14-7-4-3-5-8-14/h3-5,7-8,13,19,22H,6,9-12H2,1-2H3. The average Bonchev–Trinajstić information content (AvgIpc) is 2.82. The fraction of sp³-hybridized carbons (Fsp3) is 0.471.